The topological polar surface area (TPSA) is 102 Å². The van der Waals surface area contributed by atoms with E-state index in [1.807, 2.05) is 12.1 Å². The van der Waals surface area contributed by atoms with Crippen molar-refractivity contribution in [2.75, 3.05) is 37.4 Å². The predicted octanol–water partition coefficient (Wildman–Crippen LogP) is 2.64. The Morgan fingerprint density at radius 3 is 2.42 bits per heavy atom. The lowest BCUT2D eigenvalue weighted by Crippen LogP contribution is -2.33. The van der Waals surface area contributed by atoms with Crippen molar-refractivity contribution in [2.45, 2.75) is 19.8 Å². The molecule has 0 aromatic heterocycles. The number of ether oxygens (including phenoxy) is 2. The van der Waals surface area contributed by atoms with Gasteiger partial charge in [0.05, 0.1) is 25.6 Å². The van der Waals surface area contributed by atoms with E-state index in [-0.39, 0.29) is 31.3 Å². The van der Waals surface area contributed by atoms with Crippen LogP contribution in [0.15, 0.2) is 48.5 Å². The van der Waals surface area contributed by atoms with E-state index in [1.54, 1.807) is 43.5 Å². The van der Waals surface area contributed by atoms with E-state index in [0.717, 1.165) is 6.26 Å². The molecule has 0 heterocycles. The summed E-state index contributed by atoms with van der Waals surface area (Å²) in [6.45, 7) is 2.14. The number of carbonyl (C=O) groups is 2. The molecule has 1 N–H and O–H groups in total. The molecular weight excluding hydrogens is 420 g/mol. The average Bonchev–Trinajstić information content (AvgIpc) is 2.73. The number of rotatable bonds is 12. The quantitative estimate of drug-likeness (QED) is 0.396. The average molecular weight is 449 g/mol. The Bertz CT molecular complexity index is 1010. The lowest BCUT2D eigenvalue weighted by Gasteiger charge is -2.22. The van der Waals surface area contributed by atoms with Gasteiger partial charge in [-0.2, -0.15) is 0 Å². The highest BCUT2D eigenvalue weighted by Gasteiger charge is 2.18. The zero-order chi connectivity index (χ0) is 22.9. The number of hydrogen-bond donors (Lipinski definition) is 1. The lowest BCUT2D eigenvalue weighted by atomic mass is 10.1. The van der Waals surface area contributed by atoms with Gasteiger partial charge in [0.15, 0.2) is 17.3 Å². The van der Waals surface area contributed by atoms with Crippen molar-refractivity contribution >= 4 is 27.4 Å². The van der Waals surface area contributed by atoms with E-state index in [0.29, 0.717) is 35.7 Å². The molecule has 0 aliphatic rings. The zero-order valence-corrected chi connectivity index (χ0v) is 18.8. The van der Waals surface area contributed by atoms with Gasteiger partial charge in [-0.3, -0.25) is 13.9 Å². The number of ketones is 1. The molecule has 31 heavy (non-hydrogen) atoms. The second kappa shape index (κ2) is 11.4. The van der Waals surface area contributed by atoms with Gasteiger partial charge < -0.3 is 14.8 Å². The monoisotopic (exact) mass is 448 g/mol. The largest absolute Gasteiger partial charge is 0.493 e. The molecular formula is C22H28N2O6S. The molecule has 0 saturated heterocycles. The molecule has 0 unspecified atom stereocenters. The Morgan fingerprint density at radius 2 is 1.77 bits per heavy atom. The first kappa shape index (κ1) is 24.2. The second-order valence-electron chi connectivity index (χ2n) is 6.89. The van der Waals surface area contributed by atoms with Gasteiger partial charge in [-0.25, -0.2) is 8.42 Å². The molecule has 2 aromatic rings. The number of nitrogens with one attached hydrogen (secondary N) is 1. The Morgan fingerprint density at radius 1 is 1.06 bits per heavy atom. The molecule has 0 fully saturated rings. The number of para-hydroxylation sites is 2. The van der Waals surface area contributed by atoms with Crippen LogP contribution in [0.3, 0.4) is 0 Å². The van der Waals surface area contributed by atoms with Gasteiger partial charge >= 0.3 is 0 Å². The molecule has 0 radical (unpaired) electrons. The first-order chi connectivity index (χ1) is 14.7. The minimum Gasteiger partial charge on any atom is -0.493 e. The van der Waals surface area contributed by atoms with Crippen LogP contribution in [0.4, 0.5) is 5.69 Å². The summed E-state index contributed by atoms with van der Waals surface area (Å²) < 4.78 is 36.4. The smallest absolute Gasteiger partial charge is 0.232 e. The highest BCUT2D eigenvalue weighted by molar-refractivity contribution is 7.92. The van der Waals surface area contributed by atoms with Crippen LogP contribution in [-0.2, 0) is 14.8 Å². The molecule has 2 aromatic carbocycles. The van der Waals surface area contributed by atoms with Crippen LogP contribution in [0.25, 0.3) is 0 Å². The van der Waals surface area contributed by atoms with E-state index >= 15 is 0 Å². The molecule has 9 heteroatoms. The Kier molecular flexibility index (Phi) is 8.87. The fourth-order valence-electron chi connectivity index (χ4n) is 2.93. The molecule has 0 aliphatic heterocycles. The molecule has 0 atom stereocenters. The van der Waals surface area contributed by atoms with Crippen molar-refractivity contribution < 1.29 is 27.5 Å². The Labute approximate surface area is 183 Å². The van der Waals surface area contributed by atoms with Crippen LogP contribution in [0.5, 0.6) is 11.5 Å². The fraction of sp³-hybridized carbons (Fsp3) is 0.364. The number of sulfonamides is 1. The molecule has 0 aliphatic carbocycles. The highest BCUT2D eigenvalue weighted by Crippen LogP contribution is 2.25. The van der Waals surface area contributed by atoms with Crippen LogP contribution in [0, 0.1) is 0 Å². The number of carbonyl (C=O) groups excluding carboxylic acids is 2. The van der Waals surface area contributed by atoms with Crippen LogP contribution >= 0.6 is 0 Å². The molecule has 0 saturated carbocycles. The van der Waals surface area contributed by atoms with Crippen LogP contribution in [0.2, 0.25) is 0 Å². The number of anilines is 1. The van der Waals surface area contributed by atoms with Gasteiger partial charge in [-0.1, -0.05) is 24.3 Å². The summed E-state index contributed by atoms with van der Waals surface area (Å²) in [7, 11) is -2.00. The Balaban J connectivity index is 1.82. The molecule has 1 amide bonds. The number of benzene rings is 2. The predicted molar refractivity (Wildman–Crippen MR) is 119 cm³/mol. The van der Waals surface area contributed by atoms with Gasteiger partial charge in [0, 0.05) is 18.5 Å². The van der Waals surface area contributed by atoms with E-state index in [4.69, 9.17) is 9.47 Å². The standard InChI is InChI=1S/C22H28N2O6S/c1-17(25)18-8-6-9-19(16-18)24(31(3,27)28)14-7-12-22(26)23-13-15-30-21-11-5-4-10-20(21)29-2/h4-6,8-11,16H,7,12-15H2,1-3H3,(H,23,26). The molecule has 168 valence electrons. The van der Waals surface area contributed by atoms with Crippen molar-refractivity contribution in [3.05, 3.63) is 54.1 Å². The van der Waals surface area contributed by atoms with Crippen molar-refractivity contribution in [2.24, 2.45) is 0 Å². The summed E-state index contributed by atoms with van der Waals surface area (Å²) in [5, 5.41) is 2.75. The van der Waals surface area contributed by atoms with Gasteiger partial charge in [-0.05, 0) is 37.6 Å². The van der Waals surface area contributed by atoms with E-state index in [2.05, 4.69) is 5.32 Å². The van der Waals surface area contributed by atoms with Crippen molar-refractivity contribution in [3.63, 3.8) is 0 Å². The number of methoxy groups -OCH3 is 1. The zero-order valence-electron chi connectivity index (χ0n) is 18.0. The third kappa shape index (κ3) is 7.60. The first-order valence-corrected chi connectivity index (χ1v) is 11.7. The van der Waals surface area contributed by atoms with E-state index < -0.39 is 10.0 Å². The number of nitrogens with zero attached hydrogens (tertiary/aromatic N) is 1. The normalized spacial score (nSPS) is 10.9. The number of amides is 1. The van der Waals surface area contributed by atoms with Crippen molar-refractivity contribution in [3.8, 4) is 11.5 Å². The van der Waals surface area contributed by atoms with Crippen LogP contribution in [0.1, 0.15) is 30.1 Å². The SMILES string of the molecule is COc1ccccc1OCCNC(=O)CCCN(c1cccc(C(C)=O)c1)S(C)(=O)=O. The summed E-state index contributed by atoms with van der Waals surface area (Å²) in [4.78, 5) is 23.7. The van der Waals surface area contributed by atoms with Gasteiger partial charge in [-0.15, -0.1) is 0 Å². The maximum Gasteiger partial charge on any atom is 0.232 e. The fourth-order valence-corrected chi connectivity index (χ4v) is 3.88. The van der Waals surface area contributed by atoms with Crippen LogP contribution < -0.4 is 19.1 Å². The summed E-state index contributed by atoms with van der Waals surface area (Å²) in [6, 6.07) is 13.7. The molecule has 8 nitrogen and oxygen atoms in total. The van der Waals surface area contributed by atoms with Crippen molar-refractivity contribution in [1.29, 1.82) is 0 Å². The van der Waals surface area contributed by atoms with Gasteiger partial charge in [0.1, 0.15) is 6.61 Å². The second-order valence-corrected chi connectivity index (χ2v) is 8.80. The summed E-state index contributed by atoms with van der Waals surface area (Å²) >= 11 is 0. The third-order valence-corrected chi connectivity index (χ3v) is 5.65. The minimum atomic E-state index is -3.56. The minimum absolute atomic E-state index is 0.130. The third-order valence-electron chi connectivity index (χ3n) is 4.46. The summed E-state index contributed by atoms with van der Waals surface area (Å²) in [5.74, 6) is 0.860. The lowest BCUT2D eigenvalue weighted by molar-refractivity contribution is -0.121. The van der Waals surface area contributed by atoms with Gasteiger partial charge in [0.2, 0.25) is 15.9 Å². The van der Waals surface area contributed by atoms with E-state index in [1.165, 1.54) is 11.2 Å². The Hall–Kier alpha value is -3.07. The summed E-state index contributed by atoms with van der Waals surface area (Å²) in [5.41, 5.74) is 0.833. The maximum absolute atomic E-state index is 12.2. The highest BCUT2D eigenvalue weighted by atomic mass is 32.2. The molecule has 2 rings (SSSR count). The van der Waals surface area contributed by atoms with Crippen molar-refractivity contribution in [1.82, 2.24) is 5.32 Å². The first-order valence-electron chi connectivity index (χ1n) is 9.83. The molecule has 0 spiro atoms. The van der Waals surface area contributed by atoms with Crippen LogP contribution in [-0.4, -0.2) is 53.2 Å². The van der Waals surface area contributed by atoms with E-state index in [9.17, 15) is 18.0 Å². The molecule has 0 bridgehead atoms. The number of Topliss-reactive ketones (excluding diaryl/α,β-unsaturated/α-hetero) is 1. The maximum atomic E-state index is 12.2. The van der Waals surface area contributed by atoms with Gasteiger partial charge in [0.25, 0.3) is 0 Å². The number of hydrogen-bond acceptors (Lipinski definition) is 6. The summed E-state index contributed by atoms with van der Waals surface area (Å²) in [6.07, 6.45) is 1.59.